The summed E-state index contributed by atoms with van der Waals surface area (Å²) in [5.74, 6) is -13.6. The summed E-state index contributed by atoms with van der Waals surface area (Å²) in [6.07, 6.45) is -0.419. The fourth-order valence-electron chi connectivity index (χ4n) is 9.70. The van der Waals surface area contributed by atoms with Gasteiger partial charge in [-0.05, 0) is 81.7 Å². The van der Waals surface area contributed by atoms with Gasteiger partial charge in [-0.25, -0.2) is 4.79 Å². The van der Waals surface area contributed by atoms with Crippen LogP contribution in [0.4, 0.5) is 0 Å². The lowest BCUT2D eigenvalue weighted by Gasteiger charge is -2.31. The summed E-state index contributed by atoms with van der Waals surface area (Å²) in [7, 11) is 1.60. The van der Waals surface area contributed by atoms with Crippen LogP contribution in [0, 0.1) is 29.6 Å². The number of aliphatic hydroxyl groups excluding tert-OH is 3. The summed E-state index contributed by atoms with van der Waals surface area (Å²) in [5.41, 5.74) is 4.81. The topological polar surface area (TPSA) is 433 Å². The van der Waals surface area contributed by atoms with Crippen molar-refractivity contribution in [3.05, 3.63) is 35.9 Å². The molecular weight excluding hydrogens is 1120 g/mol. The second-order valence-electron chi connectivity index (χ2n) is 22.8. The predicted octanol–water partition coefficient (Wildman–Crippen LogP) is -3.16. The van der Waals surface area contributed by atoms with Gasteiger partial charge in [0, 0.05) is 13.0 Å². The first kappa shape index (κ1) is 73.0. The molecule has 1 saturated heterocycles. The van der Waals surface area contributed by atoms with E-state index in [1.54, 1.807) is 62.4 Å². The van der Waals surface area contributed by atoms with Gasteiger partial charge in [0.25, 0.3) is 0 Å². The normalized spacial score (nSPS) is 23.6. The minimum absolute atomic E-state index is 0.146. The summed E-state index contributed by atoms with van der Waals surface area (Å²) >= 11 is 0. The van der Waals surface area contributed by atoms with Crippen molar-refractivity contribution in [2.75, 3.05) is 26.9 Å². The highest BCUT2D eigenvalue weighted by atomic mass is 16.5. The molecule has 16 N–H and O–H groups in total. The lowest BCUT2D eigenvalue weighted by molar-refractivity contribution is -0.157. The smallest absolute Gasteiger partial charge is 0.329 e. The maximum Gasteiger partial charge on any atom is 0.329 e. The van der Waals surface area contributed by atoms with E-state index in [-0.39, 0.29) is 32.3 Å². The SMILES string of the molecule is CC[C@H](C)[C@H](NC(=O)[C@@H](Cc1ccccc1)NC)C(=O)N[C@@H](CO)C(=O)N[C@H](CCC(N)=O)C(=O)N[C@@H](C(=O)N[C@H](C(=O)N[C@@H](CO)C(=O)N[C@H]1C(=O)N[C@@H](C)C(=O)NC2(CC2CCO)C(=O)N[C@@H]([C@@H](C)CC)C(=O)O[C@H]1C)[C@@H](C)CC)[C@@H](C)CC. The first-order valence-corrected chi connectivity index (χ1v) is 29.7. The van der Waals surface area contributed by atoms with Gasteiger partial charge in [0.2, 0.25) is 65.0 Å². The number of ether oxygens (including phenoxy) is 1. The molecule has 0 radical (unpaired) electrons. The van der Waals surface area contributed by atoms with Crippen LogP contribution in [0.2, 0.25) is 0 Å². The van der Waals surface area contributed by atoms with Crippen molar-refractivity contribution < 1.29 is 77.6 Å². The number of nitrogens with two attached hydrogens (primary N) is 1. The van der Waals surface area contributed by atoms with Crippen LogP contribution in [-0.4, -0.2) is 185 Å². The van der Waals surface area contributed by atoms with Crippen LogP contribution in [0.3, 0.4) is 0 Å². The Hall–Kier alpha value is -7.30. The zero-order valence-electron chi connectivity index (χ0n) is 51.3. The Morgan fingerprint density at radius 3 is 1.59 bits per heavy atom. The molecule has 1 heterocycles. The minimum Gasteiger partial charge on any atom is -0.458 e. The number of carbonyl (C=O) groups is 12. The number of benzene rings is 1. The number of primary amides is 1. The monoisotopic (exact) mass is 1210 g/mol. The van der Waals surface area contributed by atoms with Gasteiger partial charge in [-0.3, -0.25) is 52.7 Å². The zero-order chi connectivity index (χ0) is 64.7. The number of hydrogen-bond acceptors (Lipinski definition) is 17. The van der Waals surface area contributed by atoms with Crippen LogP contribution in [0.25, 0.3) is 0 Å². The molecule has 1 spiro atoms. The second kappa shape index (κ2) is 34.7. The number of aliphatic hydroxyl groups is 3. The molecule has 1 aliphatic heterocycles. The Kier molecular flexibility index (Phi) is 29.5. The molecule has 1 aliphatic carbocycles. The van der Waals surface area contributed by atoms with E-state index in [9.17, 15) is 72.9 Å². The molecule has 86 heavy (non-hydrogen) atoms. The lowest BCUT2D eigenvalue weighted by Crippen LogP contribution is -2.63. The van der Waals surface area contributed by atoms with Crippen molar-refractivity contribution in [3.63, 3.8) is 0 Å². The first-order chi connectivity index (χ1) is 40.6. The Balaban J connectivity index is 1.85. The van der Waals surface area contributed by atoms with Gasteiger partial charge < -0.3 is 84.3 Å². The third-order valence-electron chi connectivity index (χ3n) is 16.5. The van der Waals surface area contributed by atoms with E-state index in [2.05, 4.69) is 58.5 Å². The standard InChI is InChI=1S/C58H94N12O16/c1-12-29(5)42(66-49(77)38(60-11)25-35-19-17-16-18-20-35)52(80)63-39(27-72)50(78)62-37(21-22-41(59)74)48(76)65-44(31(7)14-3)54(82)67-43(30(6)13-2)53(81)64-40(28-73)51(79)68-46-34(10)86-56(84)45(32(8)15-4)69-57(85)58(26-36(58)23-24-71)70-47(75)33(9)61-55(46)83/h16-20,29-34,36-40,42-46,60,71-73H,12-15,21-28H2,1-11H3,(H2,59,74)(H,61,83)(H,62,78)(H,63,80)(H,64,81)(H,65,76)(H,66,77)(H,67,82)(H,68,79)(H,69,85)(H,70,75)/t29-,30-,31-,32-,33-,34-,36?,37+,38+,39-,40-,42-,43-,44+,45-,46+,58?/m0/s1. The molecule has 2 fully saturated rings. The van der Waals surface area contributed by atoms with Gasteiger partial charge in [-0.1, -0.05) is 111 Å². The minimum atomic E-state index is -1.82. The predicted molar refractivity (Wildman–Crippen MR) is 313 cm³/mol. The molecule has 2 aliphatic rings. The first-order valence-electron chi connectivity index (χ1n) is 29.7. The van der Waals surface area contributed by atoms with E-state index in [0.717, 1.165) is 5.56 Å². The molecule has 3 rings (SSSR count). The largest absolute Gasteiger partial charge is 0.458 e. The van der Waals surface area contributed by atoms with Crippen LogP contribution in [0.15, 0.2) is 30.3 Å². The molecule has 11 amide bonds. The van der Waals surface area contributed by atoms with E-state index in [4.69, 9.17) is 10.5 Å². The van der Waals surface area contributed by atoms with Gasteiger partial charge >= 0.3 is 5.97 Å². The average molecular weight is 1220 g/mol. The van der Waals surface area contributed by atoms with Crippen LogP contribution >= 0.6 is 0 Å². The van der Waals surface area contributed by atoms with E-state index in [0.29, 0.717) is 19.3 Å². The molecule has 28 nitrogen and oxygen atoms in total. The molecule has 1 saturated carbocycles. The van der Waals surface area contributed by atoms with Gasteiger partial charge in [-0.15, -0.1) is 0 Å². The quantitative estimate of drug-likeness (QED) is 0.0317. The number of nitrogens with one attached hydrogen (secondary N) is 11. The van der Waals surface area contributed by atoms with Crippen molar-refractivity contribution in [1.82, 2.24) is 58.5 Å². The number of amides is 11. The Bertz CT molecular complexity index is 2530. The Labute approximate surface area is 502 Å². The lowest BCUT2D eigenvalue weighted by atomic mass is 9.94. The van der Waals surface area contributed by atoms with Crippen LogP contribution in [0.1, 0.15) is 126 Å². The molecule has 482 valence electrons. The van der Waals surface area contributed by atoms with Crippen LogP contribution in [-0.2, 0) is 68.7 Å². The van der Waals surface area contributed by atoms with Gasteiger partial charge in [0.05, 0.1) is 19.3 Å². The number of esters is 1. The molecule has 2 unspecified atom stereocenters. The van der Waals surface area contributed by atoms with Gasteiger partial charge in [-0.2, -0.15) is 0 Å². The highest BCUT2D eigenvalue weighted by Crippen LogP contribution is 2.46. The molecule has 1 aromatic rings. The summed E-state index contributed by atoms with van der Waals surface area (Å²) in [5, 5.41) is 59.0. The van der Waals surface area contributed by atoms with Crippen molar-refractivity contribution in [2.24, 2.45) is 35.3 Å². The van der Waals surface area contributed by atoms with E-state index >= 15 is 0 Å². The number of hydrogen-bond donors (Lipinski definition) is 15. The van der Waals surface area contributed by atoms with Crippen molar-refractivity contribution >= 4 is 70.9 Å². The highest BCUT2D eigenvalue weighted by Gasteiger charge is 2.61. The molecule has 0 bridgehead atoms. The maximum absolute atomic E-state index is 14.4. The van der Waals surface area contributed by atoms with Crippen LogP contribution < -0.4 is 64.2 Å². The van der Waals surface area contributed by atoms with Crippen molar-refractivity contribution in [1.29, 1.82) is 0 Å². The fourth-order valence-corrected chi connectivity index (χ4v) is 9.70. The Morgan fingerprint density at radius 2 is 1.12 bits per heavy atom. The second-order valence-corrected chi connectivity index (χ2v) is 22.8. The highest BCUT2D eigenvalue weighted by molar-refractivity contribution is 6.01. The number of cyclic esters (lactones) is 1. The maximum atomic E-state index is 14.4. The fraction of sp³-hybridized carbons (Fsp3) is 0.690. The van der Waals surface area contributed by atoms with Crippen molar-refractivity contribution in [2.45, 2.75) is 199 Å². The van der Waals surface area contributed by atoms with E-state index in [1.807, 2.05) is 30.3 Å². The molecule has 28 heteroatoms. The summed E-state index contributed by atoms with van der Waals surface area (Å²) < 4.78 is 5.71. The van der Waals surface area contributed by atoms with Gasteiger partial charge in [0.1, 0.15) is 66.0 Å². The van der Waals surface area contributed by atoms with E-state index < -0.39 is 199 Å². The average Bonchev–Trinajstić information content (AvgIpc) is 1.64. The molecular formula is C58H94N12O16. The van der Waals surface area contributed by atoms with Gasteiger partial charge in [0.15, 0.2) is 0 Å². The number of rotatable bonds is 32. The van der Waals surface area contributed by atoms with Crippen molar-refractivity contribution in [3.8, 4) is 0 Å². The van der Waals surface area contributed by atoms with E-state index in [1.165, 1.54) is 13.8 Å². The molecule has 0 aromatic heterocycles. The molecule has 1 aromatic carbocycles. The van der Waals surface area contributed by atoms with Crippen LogP contribution in [0.5, 0.6) is 0 Å². The summed E-state index contributed by atoms with van der Waals surface area (Å²) in [4.78, 5) is 165. The third kappa shape index (κ3) is 20.4. The third-order valence-corrected chi connectivity index (χ3v) is 16.5. The number of likely N-dealkylation sites (N-methyl/N-ethyl adjacent to an activating group) is 1. The summed E-state index contributed by atoms with van der Waals surface area (Å²) in [6, 6.07) is -5.10. The zero-order valence-corrected chi connectivity index (χ0v) is 51.3. The number of carbonyl (C=O) groups excluding carboxylic acids is 12. The summed E-state index contributed by atoms with van der Waals surface area (Å²) in [6.45, 7) is 13.8. The molecule has 17 atom stereocenters. The Morgan fingerprint density at radius 1 is 0.640 bits per heavy atom.